The zero-order chi connectivity index (χ0) is 2.71. The second-order valence-electron chi connectivity index (χ2n) is 0.0452. The normalized spacial score (nSPS) is 3.67. The van der Waals surface area contributed by atoms with Crippen molar-refractivity contribution in [1.29, 1.82) is 0 Å². The molecule has 0 spiro atoms. The third-order valence-electron chi connectivity index (χ3n) is 0. The van der Waals surface area contributed by atoms with Crippen LogP contribution in [0.2, 0.25) is 0 Å². The van der Waals surface area contributed by atoms with Crippen molar-refractivity contribution in [3.8, 4) is 0 Å². The summed E-state index contributed by atoms with van der Waals surface area (Å²) in [5, 5.41) is 0. The van der Waals surface area contributed by atoms with Gasteiger partial charge < -0.3 is 17.8 Å². The zero-order valence-corrected chi connectivity index (χ0v) is 6.77. The molecule has 0 aliphatic heterocycles. The monoisotopic (exact) mass is 317 g/mol. The summed E-state index contributed by atoms with van der Waals surface area (Å²) >= 11 is -0.472. The Morgan fingerprint density at radius 3 is 1.00 bits per heavy atom. The van der Waals surface area contributed by atoms with Crippen molar-refractivity contribution in [3.05, 3.63) is 0 Å². The van der Waals surface area contributed by atoms with E-state index in [0.29, 0.717) is 0 Å². The zero-order valence-electron chi connectivity index (χ0n) is 2.99. The molecule has 6 heavy (non-hydrogen) atoms. The molecule has 48 valence electrons. The molecule has 0 amide bonds. The molecule has 0 fully saturated rings. The molecule has 0 atom stereocenters. The molecule has 0 saturated heterocycles. The third kappa shape index (κ3) is 67.2. The Morgan fingerprint density at radius 1 is 1.00 bits per heavy atom. The second kappa shape index (κ2) is 35.3. The van der Waals surface area contributed by atoms with Gasteiger partial charge in [0, 0.05) is 0 Å². The summed E-state index contributed by atoms with van der Waals surface area (Å²) in [6.07, 6.45) is 0. The Kier molecular flexibility index (Phi) is 160. The molecule has 0 unspecified atom stereocenters. The summed E-state index contributed by atoms with van der Waals surface area (Å²) < 4.78 is 0. The van der Waals surface area contributed by atoms with E-state index in [1.54, 1.807) is 0 Å². The topological polar surface area (TPSA) is 102 Å². The molecule has 8 N–H and O–H groups in total. The summed E-state index contributed by atoms with van der Waals surface area (Å²) in [7, 11) is 9.75. The summed E-state index contributed by atoms with van der Waals surface area (Å²) in [5.74, 6) is 0. The van der Waals surface area contributed by atoms with E-state index in [2.05, 4.69) is 0 Å². The summed E-state index contributed by atoms with van der Waals surface area (Å²) in [5.41, 5.74) is 0. The van der Waals surface area contributed by atoms with Crippen LogP contribution in [0.1, 0.15) is 0 Å². The van der Waals surface area contributed by atoms with Gasteiger partial charge in [-0.1, -0.05) is 0 Å². The van der Waals surface area contributed by atoms with Crippen molar-refractivity contribution in [3.63, 3.8) is 0 Å². The molecule has 0 aromatic rings. The van der Waals surface area contributed by atoms with E-state index < -0.39 is 16.5 Å². The van der Waals surface area contributed by atoms with Crippen LogP contribution in [0.15, 0.2) is 0 Å². The predicted molar refractivity (Wildman–Crippen MR) is 25.4 cm³/mol. The standard InChI is InChI=1S/2ClH.2H3N.H2O.Pt/h2*1H;2*1H3;1H2;/q;;;;;+2/p-2. The number of hydrogen-bond donors (Lipinski definition) is 2. The number of hydrogen-bond acceptors (Lipinski definition) is 2. The molecular formula is H8Cl2N2OPt. The number of rotatable bonds is 0. The molecule has 0 radical (unpaired) electrons. The van der Waals surface area contributed by atoms with Crippen molar-refractivity contribution < 1.29 is 22.0 Å². The molecule has 0 aliphatic carbocycles. The van der Waals surface area contributed by atoms with Gasteiger partial charge in [-0.05, 0) is 0 Å². The minimum atomic E-state index is -0.472. The van der Waals surface area contributed by atoms with Crippen molar-refractivity contribution >= 4 is 18.8 Å². The van der Waals surface area contributed by atoms with E-state index >= 15 is 0 Å². The van der Waals surface area contributed by atoms with Gasteiger partial charge in [-0.25, -0.2) is 0 Å². The van der Waals surface area contributed by atoms with Gasteiger partial charge in [0.15, 0.2) is 0 Å². The summed E-state index contributed by atoms with van der Waals surface area (Å²) in [4.78, 5) is 0. The van der Waals surface area contributed by atoms with Gasteiger partial charge in [-0.3, -0.25) is 0 Å². The molecule has 0 saturated carbocycles. The third-order valence-corrected chi connectivity index (χ3v) is 0. The Morgan fingerprint density at radius 2 is 1.00 bits per heavy atom. The fraction of sp³-hybridized carbons (Fsp3) is 0. The van der Waals surface area contributed by atoms with Gasteiger partial charge >= 0.3 is 35.3 Å². The fourth-order valence-electron chi connectivity index (χ4n) is 0. The molecule has 0 heterocycles. The minimum absolute atomic E-state index is 0. The molecule has 0 aliphatic rings. The van der Waals surface area contributed by atoms with Crippen molar-refractivity contribution in [1.82, 2.24) is 12.3 Å². The quantitative estimate of drug-likeness (QED) is 0.692. The van der Waals surface area contributed by atoms with E-state index in [1.807, 2.05) is 0 Å². The van der Waals surface area contributed by atoms with Gasteiger partial charge in [-0.2, -0.15) is 0 Å². The first kappa shape index (κ1) is 27.3. The second-order valence-corrected chi connectivity index (χ2v) is 3.33. The van der Waals surface area contributed by atoms with Crippen LogP contribution in [-0.4, -0.2) is 5.48 Å². The first-order valence-corrected chi connectivity index (χ1v) is 5.87. The van der Waals surface area contributed by atoms with E-state index in [9.17, 15) is 0 Å². The van der Waals surface area contributed by atoms with Gasteiger partial charge in [0.05, 0.1) is 0 Å². The Bertz CT molecular complexity index is 11.5. The number of halogens is 2. The van der Waals surface area contributed by atoms with Crippen LogP contribution in [0.4, 0.5) is 0 Å². The van der Waals surface area contributed by atoms with Crippen LogP contribution in [0.5, 0.6) is 0 Å². The maximum absolute atomic E-state index is 4.88. The van der Waals surface area contributed by atoms with Crippen LogP contribution in [0.25, 0.3) is 0 Å². The molecule has 6 heteroatoms. The first-order chi connectivity index (χ1) is 1.41. The Labute approximate surface area is 53.3 Å². The molecule has 0 rings (SSSR count). The average molecular weight is 318 g/mol. The summed E-state index contributed by atoms with van der Waals surface area (Å²) in [6, 6.07) is 0. The van der Waals surface area contributed by atoms with Crippen LogP contribution < -0.4 is 12.3 Å². The fourth-order valence-corrected chi connectivity index (χ4v) is 0. The van der Waals surface area contributed by atoms with E-state index in [0.717, 1.165) is 0 Å². The van der Waals surface area contributed by atoms with Crippen molar-refractivity contribution in [2.75, 3.05) is 0 Å². The average Bonchev–Trinajstić information content (AvgIpc) is 0.918. The van der Waals surface area contributed by atoms with Gasteiger partial charge in [0.1, 0.15) is 0 Å². The van der Waals surface area contributed by atoms with Crippen LogP contribution >= 0.6 is 18.8 Å². The van der Waals surface area contributed by atoms with Gasteiger partial charge in [-0.15, -0.1) is 0 Å². The maximum atomic E-state index is 4.88. The molecule has 0 aromatic carbocycles. The Hall–Kier alpha value is 1.15. The van der Waals surface area contributed by atoms with E-state index in [1.165, 1.54) is 0 Å². The summed E-state index contributed by atoms with van der Waals surface area (Å²) in [6.45, 7) is 0. The predicted octanol–water partition coefficient (Wildman–Crippen LogP) is 0.876. The molecular weight excluding hydrogens is 310 g/mol. The van der Waals surface area contributed by atoms with Crippen molar-refractivity contribution in [2.24, 2.45) is 0 Å². The van der Waals surface area contributed by atoms with Gasteiger partial charge in [0.2, 0.25) is 0 Å². The SMILES string of the molecule is N.N.O.[Cl][Pt][Cl]. The van der Waals surface area contributed by atoms with E-state index in [-0.39, 0.29) is 17.8 Å². The molecule has 0 bridgehead atoms. The molecule has 0 aromatic heterocycles. The first-order valence-electron chi connectivity index (χ1n) is 0.239. The van der Waals surface area contributed by atoms with Gasteiger partial charge in [0.25, 0.3) is 0 Å². The Balaban J connectivity index is -0.00000000667. The molecule has 3 nitrogen and oxygen atoms in total. The van der Waals surface area contributed by atoms with Crippen LogP contribution in [-0.2, 0) is 16.5 Å². The van der Waals surface area contributed by atoms with Crippen LogP contribution in [0.3, 0.4) is 0 Å². The van der Waals surface area contributed by atoms with E-state index in [4.69, 9.17) is 18.8 Å². The van der Waals surface area contributed by atoms with Crippen LogP contribution in [0, 0.1) is 0 Å². The van der Waals surface area contributed by atoms with Crippen molar-refractivity contribution in [2.45, 2.75) is 0 Å².